The maximum Gasteiger partial charge on any atom is 0.152 e. The van der Waals surface area contributed by atoms with Crippen molar-refractivity contribution in [3.63, 3.8) is 0 Å². The van der Waals surface area contributed by atoms with Gasteiger partial charge < -0.3 is 5.73 Å². The van der Waals surface area contributed by atoms with E-state index in [-0.39, 0.29) is 5.78 Å². The van der Waals surface area contributed by atoms with E-state index in [1.54, 1.807) is 0 Å². The molecule has 13 heavy (non-hydrogen) atoms. The van der Waals surface area contributed by atoms with Crippen LogP contribution < -0.4 is 5.73 Å². The van der Waals surface area contributed by atoms with Crippen LogP contribution in [-0.2, 0) is 4.79 Å². The first-order valence-electron chi connectivity index (χ1n) is 4.97. The SMILES string of the molecule is C=CCCCC(=O)C(C)(N)CCC. The zero-order valence-electron chi connectivity index (χ0n) is 8.81. The van der Waals surface area contributed by atoms with Gasteiger partial charge in [0, 0.05) is 6.42 Å². The summed E-state index contributed by atoms with van der Waals surface area (Å²) in [5.41, 5.74) is 5.26. The Morgan fingerprint density at radius 3 is 2.69 bits per heavy atom. The number of carbonyl (C=O) groups excluding carboxylic acids is 1. The Morgan fingerprint density at radius 1 is 1.62 bits per heavy atom. The molecular weight excluding hydrogens is 162 g/mol. The Morgan fingerprint density at radius 2 is 2.23 bits per heavy atom. The summed E-state index contributed by atoms with van der Waals surface area (Å²) in [7, 11) is 0. The molecule has 0 bridgehead atoms. The van der Waals surface area contributed by atoms with E-state index in [9.17, 15) is 4.79 Å². The lowest BCUT2D eigenvalue weighted by atomic mass is 9.89. The maximum absolute atomic E-state index is 11.6. The predicted molar refractivity (Wildman–Crippen MR) is 56.6 cm³/mol. The molecule has 0 aliphatic rings. The number of hydrogen-bond acceptors (Lipinski definition) is 2. The third-order valence-electron chi connectivity index (χ3n) is 2.22. The molecule has 2 N–H and O–H groups in total. The second kappa shape index (κ2) is 5.92. The van der Waals surface area contributed by atoms with Gasteiger partial charge in [-0.2, -0.15) is 0 Å². The first-order valence-corrected chi connectivity index (χ1v) is 4.97. The largest absolute Gasteiger partial charge is 0.319 e. The number of hydrogen-bond donors (Lipinski definition) is 1. The van der Waals surface area contributed by atoms with Crippen LogP contribution in [0.5, 0.6) is 0 Å². The van der Waals surface area contributed by atoms with Crippen LogP contribution in [0.2, 0.25) is 0 Å². The number of unbranched alkanes of at least 4 members (excludes halogenated alkanes) is 1. The van der Waals surface area contributed by atoms with Crippen LogP contribution in [0.4, 0.5) is 0 Å². The minimum atomic E-state index is -0.615. The second-order valence-corrected chi connectivity index (χ2v) is 3.77. The zero-order valence-corrected chi connectivity index (χ0v) is 8.81. The molecule has 0 saturated carbocycles. The van der Waals surface area contributed by atoms with Gasteiger partial charge in [0.05, 0.1) is 5.54 Å². The normalized spacial score (nSPS) is 15.0. The lowest BCUT2D eigenvalue weighted by molar-refractivity contribution is -0.124. The van der Waals surface area contributed by atoms with Gasteiger partial charge in [-0.3, -0.25) is 4.79 Å². The van der Waals surface area contributed by atoms with Crippen molar-refractivity contribution in [2.24, 2.45) is 5.73 Å². The highest BCUT2D eigenvalue weighted by molar-refractivity contribution is 5.87. The molecule has 1 unspecified atom stereocenters. The van der Waals surface area contributed by atoms with Crippen LogP contribution in [-0.4, -0.2) is 11.3 Å². The van der Waals surface area contributed by atoms with Crippen LogP contribution >= 0.6 is 0 Å². The van der Waals surface area contributed by atoms with Gasteiger partial charge >= 0.3 is 0 Å². The quantitative estimate of drug-likeness (QED) is 0.486. The Kier molecular flexibility index (Phi) is 5.63. The average Bonchev–Trinajstić information content (AvgIpc) is 2.04. The fraction of sp³-hybridized carbons (Fsp3) is 0.727. The standard InChI is InChI=1S/C11H21NO/c1-4-6-7-8-10(13)11(3,12)9-5-2/h4H,1,5-9,12H2,2-3H3. The van der Waals surface area contributed by atoms with E-state index in [1.807, 2.05) is 19.9 Å². The minimum Gasteiger partial charge on any atom is -0.319 e. The van der Waals surface area contributed by atoms with Crippen molar-refractivity contribution in [3.8, 4) is 0 Å². The number of Topliss-reactive ketones (excluding diaryl/α,β-unsaturated/α-hetero) is 1. The minimum absolute atomic E-state index is 0.177. The van der Waals surface area contributed by atoms with Gasteiger partial charge in [-0.05, 0) is 26.2 Å². The fourth-order valence-corrected chi connectivity index (χ4v) is 1.35. The van der Waals surface area contributed by atoms with Crippen LogP contribution in [0.1, 0.15) is 46.0 Å². The molecule has 0 amide bonds. The average molecular weight is 183 g/mol. The zero-order chi connectivity index (χ0) is 10.3. The highest BCUT2D eigenvalue weighted by atomic mass is 16.1. The van der Waals surface area contributed by atoms with Crippen LogP contribution in [0.15, 0.2) is 12.7 Å². The Bertz CT molecular complexity index is 173. The van der Waals surface area contributed by atoms with Crippen molar-refractivity contribution in [2.75, 3.05) is 0 Å². The van der Waals surface area contributed by atoms with Gasteiger partial charge in [0.25, 0.3) is 0 Å². The van der Waals surface area contributed by atoms with Gasteiger partial charge in [-0.1, -0.05) is 19.4 Å². The van der Waals surface area contributed by atoms with Crippen molar-refractivity contribution in [2.45, 2.75) is 51.5 Å². The molecule has 0 heterocycles. The summed E-state index contributed by atoms with van der Waals surface area (Å²) < 4.78 is 0. The smallest absolute Gasteiger partial charge is 0.152 e. The summed E-state index contributed by atoms with van der Waals surface area (Å²) in [4.78, 5) is 11.6. The molecule has 0 fully saturated rings. The lowest BCUT2D eigenvalue weighted by Crippen LogP contribution is -2.44. The first-order chi connectivity index (χ1) is 6.04. The molecule has 76 valence electrons. The molecule has 0 rings (SSSR count). The highest BCUT2D eigenvalue weighted by Gasteiger charge is 2.25. The van der Waals surface area contributed by atoms with Gasteiger partial charge in [0.1, 0.15) is 0 Å². The topological polar surface area (TPSA) is 43.1 Å². The molecule has 0 aromatic rings. The Hall–Kier alpha value is -0.630. The van der Waals surface area contributed by atoms with Gasteiger partial charge in [0.15, 0.2) is 5.78 Å². The van der Waals surface area contributed by atoms with Crippen molar-refractivity contribution in [3.05, 3.63) is 12.7 Å². The van der Waals surface area contributed by atoms with E-state index in [1.165, 1.54) is 0 Å². The molecule has 0 aromatic heterocycles. The summed E-state index contributed by atoms with van der Waals surface area (Å²) in [6, 6.07) is 0. The molecule has 2 heteroatoms. The summed E-state index contributed by atoms with van der Waals surface area (Å²) in [6.07, 6.45) is 5.92. The number of allylic oxidation sites excluding steroid dienone is 1. The van der Waals surface area contributed by atoms with Crippen LogP contribution in [0, 0.1) is 0 Å². The van der Waals surface area contributed by atoms with Crippen molar-refractivity contribution < 1.29 is 4.79 Å². The molecule has 0 saturated heterocycles. The predicted octanol–water partition coefficient (Wildman–Crippen LogP) is 2.43. The molecule has 0 spiro atoms. The summed E-state index contributed by atoms with van der Waals surface area (Å²) >= 11 is 0. The Labute approximate surface area is 81.2 Å². The van der Waals surface area contributed by atoms with Crippen molar-refractivity contribution in [1.82, 2.24) is 0 Å². The number of carbonyl (C=O) groups is 1. The molecule has 0 aromatic carbocycles. The monoisotopic (exact) mass is 183 g/mol. The van der Waals surface area contributed by atoms with E-state index in [2.05, 4.69) is 6.58 Å². The summed E-state index contributed by atoms with van der Waals surface area (Å²) in [5, 5.41) is 0. The van der Waals surface area contributed by atoms with Gasteiger partial charge in [0.2, 0.25) is 0 Å². The van der Waals surface area contributed by atoms with Crippen LogP contribution in [0.25, 0.3) is 0 Å². The molecular formula is C11H21NO. The number of ketones is 1. The maximum atomic E-state index is 11.6. The van der Waals surface area contributed by atoms with E-state index < -0.39 is 5.54 Å². The number of rotatable bonds is 7. The van der Waals surface area contributed by atoms with E-state index >= 15 is 0 Å². The van der Waals surface area contributed by atoms with Crippen molar-refractivity contribution in [1.29, 1.82) is 0 Å². The highest BCUT2D eigenvalue weighted by Crippen LogP contribution is 2.13. The number of nitrogens with two attached hydrogens (primary N) is 1. The molecule has 0 radical (unpaired) electrons. The first kappa shape index (κ1) is 12.4. The van der Waals surface area contributed by atoms with E-state index in [0.29, 0.717) is 6.42 Å². The third-order valence-corrected chi connectivity index (χ3v) is 2.22. The molecule has 1 atom stereocenters. The molecule has 0 aliphatic carbocycles. The van der Waals surface area contributed by atoms with Crippen LogP contribution in [0.3, 0.4) is 0 Å². The van der Waals surface area contributed by atoms with Gasteiger partial charge in [-0.25, -0.2) is 0 Å². The Balaban J connectivity index is 3.86. The lowest BCUT2D eigenvalue weighted by Gasteiger charge is -2.22. The summed E-state index contributed by atoms with van der Waals surface area (Å²) in [6.45, 7) is 7.48. The fourth-order valence-electron chi connectivity index (χ4n) is 1.35. The summed E-state index contributed by atoms with van der Waals surface area (Å²) in [5.74, 6) is 0.177. The third kappa shape index (κ3) is 4.83. The van der Waals surface area contributed by atoms with Crippen molar-refractivity contribution >= 4 is 5.78 Å². The second-order valence-electron chi connectivity index (χ2n) is 3.77. The molecule has 0 aliphatic heterocycles. The molecule has 2 nitrogen and oxygen atoms in total. The van der Waals surface area contributed by atoms with E-state index in [0.717, 1.165) is 25.7 Å². The van der Waals surface area contributed by atoms with Gasteiger partial charge in [-0.15, -0.1) is 6.58 Å². The van der Waals surface area contributed by atoms with E-state index in [4.69, 9.17) is 5.73 Å².